The van der Waals surface area contributed by atoms with Gasteiger partial charge in [0.05, 0.1) is 22.9 Å². The van der Waals surface area contributed by atoms with Gasteiger partial charge in [0.25, 0.3) is 5.91 Å². The van der Waals surface area contributed by atoms with Gasteiger partial charge in [0.2, 0.25) is 0 Å². The van der Waals surface area contributed by atoms with Crippen molar-refractivity contribution in [1.29, 1.82) is 0 Å². The van der Waals surface area contributed by atoms with Gasteiger partial charge in [-0.15, -0.1) is 0 Å². The van der Waals surface area contributed by atoms with Crippen molar-refractivity contribution in [3.8, 4) is 0 Å². The highest BCUT2D eigenvalue weighted by molar-refractivity contribution is 6.08. The van der Waals surface area contributed by atoms with E-state index in [2.05, 4.69) is 43.4 Å². The summed E-state index contributed by atoms with van der Waals surface area (Å²) in [4.78, 5) is 21.6. The number of aromatic nitrogens is 4. The molecule has 0 bridgehead atoms. The van der Waals surface area contributed by atoms with Crippen LogP contribution in [0.4, 0.5) is 5.82 Å². The molecule has 6 aromatic rings. The van der Waals surface area contributed by atoms with Gasteiger partial charge in [-0.05, 0) is 37.0 Å². The van der Waals surface area contributed by atoms with Crippen LogP contribution in [0.2, 0.25) is 0 Å². The molecule has 0 saturated carbocycles. The van der Waals surface area contributed by atoms with Crippen LogP contribution < -0.4 is 11.5 Å². The zero-order valence-electron chi connectivity index (χ0n) is 20.5. The first-order chi connectivity index (χ1) is 18.1. The van der Waals surface area contributed by atoms with Gasteiger partial charge in [-0.1, -0.05) is 66.7 Å². The van der Waals surface area contributed by atoms with Crippen LogP contribution in [0, 0.1) is 0 Å². The van der Waals surface area contributed by atoms with E-state index in [-0.39, 0.29) is 5.91 Å². The van der Waals surface area contributed by atoms with Gasteiger partial charge in [-0.3, -0.25) is 4.79 Å². The molecule has 0 aliphatic carbocycles. The quantitative estimate of drug-likeness (QED) is 0.284. The Kier molecular flexibility index (Phi) is 5.81. The van der Waals surface area contributed by atoms with Crippen molar-refractivity contribution < 1.29 is 4.79 Å². The molecule has 0 atom stereocenters. The minimum atomic E-state index is -0.381. The number of carbonyl (C=O) groups is 1. The van der Waals surface area contributed by atoms with E-state index >= 15 is 0 Å². The highest BCUT2D eigenvalue weighted by Gasteiger charge is 2.20. The number of imidazole rings is 1. The van der Waals surface area contributed by atoms with Gasteiger partial charge in [-0.2, -0.15) is 0 Å². The van der Waals surface area contributed by atoms with Crippen LogP contribution >= 0.6 is 0 Å². The van der Waals surface area contributed by atoms with Crippen LogP contribution in [0.25, 0.3) is 32.8 Å². The summed E-state index contributed by atoms with van der Waals surface area (Å²) in [6, 6.07) is 26.3. The first-order valence-corrected chi connectivity index (χ1v) is 12.5. The molecule has 3 aromatic carbocycles. The fraction of sp³-hybridized carbons (Fsp3) is 0.167. The number of unbranched alkanes of at least 4 members (excludes halogenated alkanes) is 1. The summed E-state index contributed by atoms with van der Waals surface area (Å²) in [5, 5.41) is 1.96. The number of carbonyl (C=O) groups excluding carboxylic acids is 1. The first kappa shape index (κ1) is 22.8. The molecular weight excluding hydrogens is 460 g/mol. The molecule has 37 heavy (non-hydrogen) atoms. The van der Waals surface area contributed by atoms with Crippen LogP contribution in [0.5, 0.6) is 0 Å². The third kappa shape index (κ3) is 4.08. The van der Waals surface area contributed by atoms with E-state index in [0.29, 0.717) is 17.9 Å². The fourth-order valence-electron chi connectivity index (χ4n) is 5.39. The molecule has 3 aromatic heterocycles. The number of benzene rings is 3. The van der Waals surface area contributed by atoms with Crippen LogP contribution in [0.15, 0.2) is 85.2 Å². The lowest BCUT2D eigenvalue weighted by molar-refractivity contribution is 0.100. The summed E-state index contributed by atoms with van der Waals surface area (Å²) in [6.07, 6.45) is 4.39. The van der Waals surface area contributed by atoms with E-state index in [1.54, 1.807) is 0 Å². The number of anilines is 1. The standard InChI is InChI=1S/C30H28N6O/c31-29-27-28(21-12-4-6-14-23(21)34-29)35(19-33-27)17-9-8-16-25-26(30(32)37)22-13-5-7-15-24(22)36(25)18-20-10-2-1-3-11-20/h1-7,10-15,19H,8-9,16-18H2,(H2,31,34)(H2,32,37). The van der Waals surface area contributed by atoms with Gasteiger partial charge in [0, 0.05) is 35.1 Å². The fourth-order valence-corrected chi connectivity index (χ4v) is 5.39. The number of nitrogens with zero attached hydrogens (tertiary/aromatic N) is 4. The molecule has 3 heterocycles. The van der Waals surface area contributed by atoms with Crippen molar-refractivity contribution in [2.24, 2.45) is 5.73 Å². The number of hydrogen-bond donors (Lipinski definition) is 2. The molecule has 0 fully saturated rings. The number of para-hydroxylation sites is 2. The Bertz CT molecular complexity index is 1750. The number of pyridine rings is 1. The Balaban J connectivity index is 1.30. The lowest BCUT2D eigenvalue weighted by Crippen LogP contribution is -2.15. The number of nitrogens with two attached hydrogens (primary N) is 2. The van der Waals surface area contributed by atoms with Crippen LogP contribution in [-0.4, -0.2) is 25.0 Å². The van der Waals surface area contributed by atoms with Gasteiger partial charge < -0.3 is 20.6 Å². The van der Waals surface area contributed by atoms with E-state index in [1.165, 1.54) is 5.56 Å². The SMILES string of the molecule is NC(=O)c1c(CCCCn2cnc3c(N)nc4ccccc4c32)n(Cc2ccccc2)c2ccccc12. The van der Waals surface area contributed by atoms with Crippen LogP contribution in [-0.2, 0) is 19.5 Å². The highest BCUT2D eigenvalue weighted by Crippen LogP contribution is 2.30. The summed E-state index contributed by atoms with van der Waals surface area (Å²) in [7, 11) is 0. The molecule has 0 aliphatic heterocycles. The maximum Gasteiger partial charge on any atom is 0.251 e. The Morgan fingerprint density at radius 3 is 2.41 bits per heavy atom. The van der Waals surface area contributed by atoms with Crippen LogP contribution in [0.1, 0.15) is 34.5 Å². The van der Waals surface area contributed by atoms with E-state index in [4.69, 9.17) is 11.5 Å². The summed E-state index contributed by atoms with van der Waals surface area (Å²) < 4.78 is 4.40. The van der Waals surface area contributed by atoms with Crippen molar-refractivity contribution in [3.63, 3.8) is 0 Å². The average molecular weight is 489 g/mol. The number of hydrogen-bond acceptors (Lipinski definition) is 4. The molecule has 7 nitrogen and oxygen atoms in total. The molecule has 4 N–H and O–H groups in total. The summed E-state index contributed by atoms with van der Waals surface area (Å²) in [6.45, 7) is 1.48. The zero-order valence-corrected chi connectivity index (χ0v) is 20.5. The van der Waals surface area contributed by atoms with Gasteiger partial charge in [0.1, 0.15) is 5.52 Å². The lowest BCUT2D eigenvalue weighted by Gasteiger charge is -2.13. The average Bonchev–Trinajstić information content (AvgIpc) is 3.48. The van der Waals surface area contributed by atoms with Gasteiger partial charge in [0.15, 0.2) is 5.82 Å². The zero-order chi connectivity index (χ0) is 25.4. The van der Waals surface area contributed by atoms with Crippen LogP contribution in [0.3, 0.4) is 0 Å². The Morgan fingerprint density at radius 2 is 1.59 bits per heavy atom. The first-order valence-electron chi connectivity index (χ1n) is 12.5. The Morgan fingerprint density at radius 1 is 0.865 bits per heavy atom. The molecular formula is C30H28N6O. The number of aryl methyl sites for hydroxylation is 1. The maximum atomic E-state index is 12.6. The largest absolute Gasteiger partial charge is 0.382 e. The number of rotatable bonds is 8. The Labute approximate surface area is 214 Å². The number of nitrogen functional groups attached to an aromatic ring is 1. The number of fused-ring (bicyclic) bond motifs is 4. The summed E-state index contributed by atoms with van der Waals surface area (Å²) >= 11 is 0. The smallest absolute Gasteiger partial charge is 0.251 e. The van der Waals surface area contributed by atoms with Gasteiger partial charge in [-0.25, -0.2) is 9.97 Å². The van der Waals surface area contributed by atoms with E-state index in [1.807, 2.05) is 60.9 Å². The second-order valence-electron chi connectivity index (χ2n) is 9.38. The molecule has 0 radical (unpaired) electrons. The maximum absolute atomic E-state index is 12.6. The lowest BCUT2D eigenvalue weighted by atomic mass is 10.1. The van der Waals surface area contributed by atoms with E-state index < -0.39 is 0 Å². The molecule has 0 spiro atoms. The predicted octanol–water partition coefficient (Wildman–Crippen LogP) is 5.29. The molecule has 6 rings (SSSR count). The summed E-state index contributed by atoms with van der Waals surface area (Å²) in [5.74, 6) is 0.0667. The van der Waals surface area contributed by atoms with E-state index in [9.17, 15) is 4.79 Å². The third-order valence-electron chi connectivity index (χ3n) is 7.05. The third-order valence-corrected chi connectivity index (χ3v) is 7.05. The molecule has 0 saturated heterocycles. The van der Waals surface area contributed by atoms with Crippen molar-refractivity contribution in [3.05, 3.63) is 102 Å². The minimum absolute atomic E-state index is 0.381. The normalized spacial score (nSPS) is 11.6. The second kappa shape index (κ2) is 9.43. The molecule has 7 heteroatoms. The molecule has 1 amide bonds. The number of amides is 1. The van der Waals surface area contributed by atoms with Crippen molar-refractivity contribution >= 4 is 44.6 Å². The Hall–Kier alpha value is -4.65. The predicted molar refractivity (Wildman–Crippen MR) is 148 cm³/mol. The van der Waals surface area contributed by atoms with Crippen molar-refractivity contribution in [1.82, 2.24) is 19.1 Å². The van der Waals surface area contributed by atoms with Gasteiger partial charge >= 0.3 is 0 Å². The summed E-state index contributed by atoms with van der Waals surface area (Å²) in [5.41, 5.74) is 18.6. The topological polar surface area (TPSA) is 105 Å². The van der Waals surface area contributed by atoms with Crippen molar-refractivity contribution in [2.45, 2.75) is 32.4 Å². The monoisotopic (exact) mass is 488 g/mol. The number of primary amides is 1. The van der Waals surface area contributed by atoms with Crippen molar-refractivity contribution in [2.75, 3.05) is 5.73 Å². The minimum Gasteiger partial charge on any atom is -0.382 e. The molecule has 184 valence electrons. The highest BCUT2D eigenvalue weighted by atomic mass is 16.1. The molecule has 0 unspecified atom stereocenters. The van der Waals surface area contributed by atoms with E-state index in [0.717, 1.165) is 64.3 Å². The molecule has 0 aliphatic rings. The second-order valence-corrected chi connectivity index (χ2v) is 9.38.